The largest absolute Gasteiger partial charge is 0.499 e. The summed E-state index contributed by atoms with van der Waals surface area (Å²) in [7, 11) is -0.436. The summed E-state index contributed by atoms with van der Waals surface area (Å²) in [5, 5.41) is 19.5. The van der Waals surface area contributed by atoms with Crippen LogP contribution in [0.2, 0.25) is 0 Å². The lowest BCUT2D eigenvalue weighted by Crippen LogP contribution is -2.49. The second kappa shape index (κ2) is 9.81. The summed E-state index contributed by atoms with van der Waals surface area (Å²) in [5.74, 6) is -0.622. The van der Waals surface area contributed by atoms with Crippen molar-refractivity contribution in [1.29, 1.82) is 0 Å². The van der Waals surface area contributed by atoms with Crippen molar-refractivity contribution in [3.63, 3.8) is 0 Å². The minimum Gasteiger partial charge on any atom is -0.465 e. The Balaban J connectivity index is 1.66. The van der Waals surface area contributed by atoms with Crippen LogP contribution in [0.25, 0.3) is 0 Å². The Bertz CT molecular complexity index is 820. The standard InChI is InChI=1S/C22H32BNO7S/c1-14-3-5-15(6-4-14)20(25)24(16-7-9-22(10-8-16)30-11-12-31-22)17-13-18(23(27)28)32-19(17)21(26)29-2/h13-16,27-28H,3-12H2,1-2H3. The molecular weight excluding hydrogens is 433 g/mol. The van der Waals surface area contributed by atoms with Gasteiger partial charge in [-0.1, -0.05) is 6.92 Å². The Morgan fingerprint density at radius 3 is 2.31 bits per heavy atom. The SMILES string of the molecule is COC(=O)c1sc(B(O)O)cc1N(C(=O)C1CCC(C)CC1)C1CCC2(CC1)OCCO2. The molecule has 1 aromatic heterocycles. The van der Waals surface area contributed by atoms with E-state index in [1.165, 1.54) is 7.11 Å². The van der Waals surface area contributed by atoms with Gasteiger partial charge in [0.1, 0.15) is 4.88 Å². The Morgan fingerprint density at radius 2 is 1.75 bits per heavy atom. The Morgan fingerprint density at radius 1 is 1.12 bits per heavy atom. The van der Waals surface area contributed by atoms with E-state index in [1.807, 2.05) is 0 Å². The fraction of sp³-hybridized carbons (Fsp3) is 0.727. The number of carbonyl (C=O) groups excluding carboxylic acids is 2. The van der Waals surface area contributed by atoms with Crippen LogP contribution in [0.1, 0.15) is 68.0 Å². The molecule has 176 valence electrons. The van der Waals surface area contributed by atoms with Crippen molar-refractivity contribution in [2.24, 2.45) is 11.8 Å². The molecule has 3 fully saturated rings. The van der Waals surface area contributed by atoms with E-state index in [0.717, 1.165) is 37.0 Å². The van der Waals surface area contributed by atoms with Gasteiger partial charge in [0.05, 0.1) is 26.0 Å². The lowest BCUT2D eigenvalue weighted by Gasteiger charge is -2.42. The van der Waals surface area contributed by atoms with Gasteiger partial charge in [0, 0.05) is 29.6 Å². The number of anilines is 1. The van der Waals surface area contributed by atoms with Gasteiger partial charge in [-0.25, -0.2) is 4.79 Å². The number of ether oxygens (including phenoxy) is 3. The number of esters is 1. The Kier molecular flexibility index (Phi) is 7.26. The van der Waals surface area contributed by atoms with E-state index in [0.29, 0.717) is 50.5 Å². The van der Waals surface area contributed by atoms with Gasteiger partial charge >= 0.3 is 13.1 Å². The van der Waals surface area contributed by atoms with Crippen molar-refractivity contribution in [1.82, 2.24) is 0 Å². The highest BCUT2D eigenvalue weighted by molar-refractivity contribution is 7.24. The summed E-state index contributed by atoms with van der Waals surface area (Å²) in [6.07, 6.45) is 6.39. The molecule has 1 aliphatic heterocycles. The van der Waals surface area contributed by atoms with Gasteiger partial charge in [-0.3, -0.25) is 4.79 Å². The first kappa shape index (κ1) is 23.7. The van der Waals surface area contributed by atoms with Crippen LogP contribution in [0, 0.1) is 11.8 Å². The maximum absolute atomic E-state index is 13.9. The molecule has 8 nitrogen and oxygen atoms in total. The molecule has 1 aromatic rings. The smallest absolute Gasteiger partial charge is 0.465 e. The number of rotatable bonds is 5. The molecule has 3 aliphatic rings. The first-order chi connectivity index (χ1) is 15.3. The fourth-order valence-corrected chi connectivity index (χ4v) is 6.17. The summed E-state index contributed by atoms with van der Waals surface area (Å²) in [4.78, 5) is 28.4. The van der Waals surface area contributed by atoms with Crippen molar-refractivity contribution in [3.05, 3.63) is 10.9 Å². The van der Waals surface area contributed by atoms with E-state index >= 15 is 0 Å². The summed E-state index contributed by atoms with van der Waals surface area (Å²) in [5.41, 5.74) is 0.419. The van der Waals surface area contributed by atoms with Crippen LogP contribution in [0.4, 0.5) is 5.69 Å². The highest BCUT2D eigenvalue weighted by atomic mass is 32.1. The van der Waals surface area contributed by atoms with Crippen LogP contribution in [0.15, 0.2) is 6.07 Å². The van der Waals surface area contributed by atoms with Crippen LogP contribution < -0.4 is 9.68 Å². The Hall–Kier alpha value is -1.46. The van der Waals surface area contributed by atoms with Crippen molar-refractivity contribution in [3.8, 4) is 0 Å². The third-order valence-electron chi connectivity index (χ3n) is 7.11. The zero-order chi connectivity index (χ0) is 22.9. The third kappa shape index (κ3) is 4.75. The number of hydrogen-bond donors (Lipinski definition) is 2. The third-order valence-corrected chi connectivity index (χ3v) is 8.26. The van der Waals surface area contributed by atoms with Gasteiger partial charge in [0.15, 0.2) is 5.79 Å². The van der Waals surface area contributed by atoms with E-state index in [4.69, 9.17) is 14.2 Å². The average molecular weight is 465 g/mol. The second-order valence-corrected chi connectivity index (χ2v) is 10.3. The predicted molar refractivity (Wildman–Crippen MR) is 121 cm³/mol. The summed E-state index contributed by atoms with van der Waals surface area (Å²) < 4.78 is 16.9. The lowest BCUT2D eigenvalue weighted by atomic mass is 9.81. The van der Waals surface area contributed by atoms with Crippen molar-refractivity contribution < 1.29 is 33.8 Å². The number of methoxy groups -OCH3 is 1. The quantitative estimate of drug-likeness (QED) is 0.507. The van der Waals surface area contributed by atoms with Gasteiger partial charge < -0.3 is 29.2 Å². The molecule has 2 saturated carbocycles. The minimum atomic E-state index is -1.72. The van der Waals surface area contributed by atoms with Gasteiger partial charge in [0.25, 0.3) is 0 Å². The second-order valence-electron chi connectivity index (χ2n) is 9.23. The van der Waals surface area contributed by atoms with E-state index in [9.17, 15) is 19.6 Å². The van der Waals surface area contributed by atoms with E-state index in [-0.39, 0.29) is 27.5 Å². The summed E-state index contributed by atoms with van der Waals surface area (Å²) in [6, 6.07) is 1.43. The van der Waals surface area contributed by atoms with Gasteiger partial charge in [0.2, 0.25) is 5.91 Å². The fourth-order valence-electron chi connectivity index (χ4n) is 5.23. The lowest BCUT2D eigenvalue weighted by molar-refractivity contribution is -0.179. The maximum Gasteiger partial charge on any atom is 0.499 e. The first-order valence-electron chi connectivity index (χ1n) is 11.5. The zero-order valence-corrected chi connectivity index (χ0v) is 19.6. The number of carbonyl (C=O) groups is 2. The minimum absolute atomic E-state index is 0.00745. The van der Waals surface area contributed by atoms with Crippen molar-refractivity contribution >= 4 is 40.8 Å². The average Bonchev–Trinajstić information content (AvgIpc) is 3.43. The highest BCUT2D eigenvalue weighted by Gasteiger charge is 2.44. The molecule has 32 heavy (non-hydrogen) atoms. The molecule has 4 rings (SSSR count). The topological polar surface area (TPSA) is 106 Å². The number of thiophene rings is 1. The molecule has 0 unspecified atom stereocenters. The molecule has 2 N–H and O–H groups in total. The molecule has 1 spiro atoms. The molecule has 10 heteroatoms. The molecule has 1 saturated heterocycles. The maximum atomic E-state index is 13.9. The van der Waals surface area contributed by atoms with Crippen molar-refractivity contribution in [2.75, 3.05) is 25.2 Å². The molecule has 0 aromatic carbocycles. The first-order valence-corrected chi connectivity index (χ1v) is 12.3. The van der Waals surface area contributed by atoms with Crippen LogP contribution in [-0.2, 0) is 19.0 Å². The number of hydrogen-bond acceptors (Lipinski definition) is 8. The summed E-state index contributed by atoms with van der Waals surface area (Å²) in [6.45, 7) is 3.38. The van der Waals surface area contributed by atoms with Gasteiger partial charge in [-0.2, -0.15) is 0 Å². The molecule has 2 aliphatic carbocycles. The predicted octanol–water partition coefficient (Wildman–Crippen LogP) is 2.06. The van der Waals surface area contributed by atoms with Gasteiger partial charge in [-0.15, -0.1) is 11.3 Å². The van der Waals surface area contributed by atoms with E-state index in [2.05, 4.69) is 6.92 Å². The molecule has 1 amide bonds. The monoisotopic (exact) mass is 465 g/mol. The number of nitrogens with zero attached hydrogens (tertiary/aromatic N) is 1. The number of amides is 1. The van der Waals surface area contributed by atoms with Crippen LogP contribution >= 0.6 is 11.3 Å². The van der Waals surface area contributed by atoms with E-state index < -0.39 is 18.9 Å². The Labute approximate surface area is 193 Å². The molecule has 0 bridgehead atoms. The van der Waals surface area contributed by atoms with Gasteiger partial charge in [-0.05, 0) is 50.5 Å². The van der Waals surface area contributed by atoms with Crippen molar-refractivity contribution in [2.45, 2.75) is 70.1 Å². The zero-order valence-electron chi connectivity index (χ0n) is 18.7. The van der Waals surface area contributed by atoms with E-state index in [1.54, 1.807) is 11.0 Å². The summed E-state index contributed by atoms with van der Waals surface area (Å²) >= 11 is 0.958. The van der Waals surface area contributed by atoms with Crippen LogP contribution in [0.5, 0.6) is 0 Å². The normalized spacial score (nSPS) is 25.6. The molecule has 2 heterocycles. The molecular formula is C22H32BNO7S. The van der Waals surface area contributed by atoms with Crippen LogP contribution in [-0.4, -0.2) is 61.2 Å². The van der Waals surface area contributed by atoms with Crippen LogP contribution in [0.3, 0.4) is 0 Å². The molecule has 0 atom stereocenters. The molecule has 0 radical (unpaired) electrons. The highest BCUT2D eigenvalue weighted by Crippen LogP contribution is 2.41.